The number of urea groups is 1. The standard InChI is InChI=1S/C30H35N5O6/c1-19-16-35(20(2)18-36)29(38)25-15-23(32-28(37)21-11-13-31-14-12-21)7-10-26(25)41-27(19)17-34(3)30(39)33-22-5-8-24(40-4)9-6-22/h5-15,19-20,27,36H,16-18H2,1-4H3,(H,32,37)(H,33,39)/t19-,20-,27+/m1/s1. The molecule has 2 heterocycles. The first-order valence-electron chi connectivity index (χ1n) is 13.3. The SMILES string of the molecule is COc1ccc(NC(=O)N(C)C[C@@H]2Oc3ccc(NC(=O)c4ccncc4)cc3C(=O)N([C@H](C)CO)C[C@H]2C)cc1. The first kappa shape index (κ1) is 29.3. The zero-order valence-electron chi connectivity index (χ0n) is 23.5. The lowest BCUT2D eigenvalue weighted by atomic mass is 9.99. The van der Waals surface area contributed by atoms with Crippen molar-refractivity contribution in [2.24, 2.45) is 5.92 Å². The highest BCUT2D eigenvalue weighted by Crippen LogP contribution is 2.31. The summed E-state index contributed by atoms with van der Waals surface area (Å²) in [6, 6.07) is 14.3. The number of hydrogen-bond donors (Lipinski definition) is 3. The Balaban J connectivity index is 1.56. The zero-order valence-corrected chi connectivity index (χ0v) is 23.5. The van der Waals surface area contributed by atoms with Crippen LogP contribution in [-0.2, 0) is 0 Å². The molecule has 3 N–H and O–H groups in total. The van der Waals surface area contributed by atoms with Gasteiger partial charge < -0.3 is 35.0 Å². The van der Waals surface area contributed by atoms with E-state index in [4.69, 9.17) is 9.47 Å². The number of ether oxygens (including phenoxy) is 2. The molecule has 3 aromatic rings. The molecule has 1 aliphatic rings. The second-order valence-electron chi connectivity index (χ2n) is 10.1. The van der Waals surface area contributed by atoms with E-state index >= 15 is 0 Å². The van der Waals surface area contributed by atoms with Gasteiger partial charge in [0.1, 0.15) is 17.6 Å². The number of methoxy groups -OCH3 is 1. The molecule has 3 atom stereocenters. The average molecular weight is 562 g/mol. The van der Waals surface area contributed by atoms with Crippen molar-refractivity contribution < 1.29 is 29.0 Å². The maximum atomic E-state index is 13.7. The van der Waals surface area contributed by atoms with Crippen molar-refractivity contribution in [2.45, 2.75) is 26.0 Å². The summed E-state index contributed by atoms with van der Waals surface area (Å²) in [5, 5.41) is 15.6. The minimum absolute atomic E-state index is 0.177. The van der Waals surface area contributed by atoms with Gasteiger partial charge in [0.2, 0.25) is 0 Å². The number of benzene rings is 2. The van der Waals surface area contributed by atoms with Crippen molar-refractivity contribution in [3.8, 4) is 11.5 Å². The van der Waals surface area contributed by atoms with Gasteiger partial charge in [-0.2, -0.15) is 0 Å². The van der Waals surface area contributed by atoms with E-state index in [-0.39, 0.29) is 42.5 Å². The lowest BCUT2D eigenvalue weighted by molar-refractivity contribution is 0.0371. The summed E-state index contributed by atoms with van der Waals surface area (Å²) in [4.78, 5) is 46.4. The molecule has 0 bridgehead atoms. The molecule has 11 heteroatoms. The normalized spacial score (nSPS) is 17.3. The Bertz CT molecular complexity index is 1370. The molecule has 0 radical (unpaired) electrons. The fraction of sp³-hybridized carbons (Fsp3) is 0.333. The Kier molecular flexibility index (Phi) is 9.41. The molecule has 0 saturated carbocycles. The molecule has 41 heavy (non-hydrogen) atoms. The van der Waals surface area contributed by atoms with Crippen LogP contribution in [0.2, 0.25) is 0 Å². The van der Waals surface area contributed by atoms with E-state index in [9.17, 15) is 19.5 Å². The Labute approximate surface area is 239 Å². The number of nitrogens with one attached hydrogen (secondary N) is 2. The Morgan fingerprint density at radius 3 is 2.46 bits per heavy atom. The average Bonchev–Trinajstić information content (AvgIpc) is 2.99. The third-order valence-corrected chi connectivity index (χ3v) is 7.01. The molecule has 2 aromatic carbocycles. The van der Waals surface area contributed by atoms with E-state index < -0.39 is 12.1 Å². The highest BCUT2D eigenvalue weighted by molar-refractivity contribution is 6.05. The number of likely N-dealkylation sites (N-methyl/N-ethyl adjacent to an activating group) is 1. The number of amides is 4. The molecule has 0 spiro atoms. The van der Waals surface area contributed by atoms with Crippen molar-refractivity contribution >= 4 is 29.2 Å². The molecule has 4 rings (SSSR count). The third-order valence-electron chi connectivity index (χ3n) is 7.01. The summed E-state index contributed by atoms with van der Waals surface area (Å²) >= 11 is 0. The number of aromatic nitrogens is 1. The van der Waals surface area contributed by atoms with Gasteiger partial charge in [0.05, 0.1) is 31.9 Å². The van der Waals surface area contributed by atoms with Crippen LogP contribution in [0.4, 0.5) is 16.2 Å². The maximum Gasteiger partial charge on any atom is 0.321 e. The Morgan fingerprint density at radius 1 is 1.12 bits per heavy atom. The van der Waals surface area contributed by atoms with E-state index in [1.165, 1.54) is 17.3 Å². The van der Waals surface area contributed by atoms with Crippen LogP contribution in [0.25, 0.3) is 0 Å². The number of carbonyl (C=O) groups excluding carboxylic acids is 3. The van der Waals surface area contributed by atoms with Crippen LogP contribution >= 0.6 is 0 Å². The molecular weight excluding hydrogens is 526 g/mol. The van der Waals surface area contributed by atoms with Gasteiger partial charge >= 0.3 is 6.03 Å². The van der Waals surface area contributed by atoms with Crippen LogP contribution in [0.5, 0.6) is 11.5 Å². The topological polar surface area (TPSA) is 133 Å². The fourth-order valence-corrected chi connectivity index (χ4v) is 4.47. The Hall–Kier alpha value is -4.64. The lowest BCUT2D eigenvalue weighted by Gasteiger charge is -2.38. The van der Waals surface area contributed by atoms with Gasteiger partial charge in [-0.05, 0) is 61.5 Å². The van der Waals surface area contributed by atoms with Crippen LogP contribution in [-0.4, -0.2) is 83.7 Å². The van der Waals surface area contributed by atoms with E-state index in [1.807, 2.05) is 6.92 Å². The number of anilines is 2. The van der Waals surface area contributed by atoms with E-state index in [2.05, 4.69) is 15.6 Å². The smallest absolute Gasteiger partial charge is 0.321 e. The van der Waals surface area contributed by atoms with E-state index in [1.54, 1.807) is 80.6 Å². The van der Waals surface area contributed by atoms with Gasteiger partial charge in [-0.25, -0.2) is 4.79 Å². The van der Waals surface area contributed by atoms with Crippen molar-refractivity contribution in [1.29, 1.82) is 0 Å². The Morgan fingerprint density at radius 2 is 1.80 bits per heavy atom. The van der Waals surface area contributed by atoms with Crippen molar-refractivity contribution in [1.82, 2.24) is 14.8 Å². The van der Waals surface area contributed by atoms with Crippen molar-refractivity contribution in [2.75, 3.05) is 44.5 Å². The van der Waals surface area contributed by atoms with Crippen molar-refractivity contribution in [3.05, 3.63) is 78.1 Å². The molecule has 11 nitrogen and oxygen atoms in total. The zero-order chi connectivity index (χ0) is 29.5. The van der Waals surface area contributed by atoms with E-state index in [0.717, 1.165) is 0 Å². The van der Waals surface area contributed by atoms with Gasteiger partial charge in [0, 0.05) is 48.8 Å². The molecule has 0 saturated heterocycles. The minimum atomic E-state index is -0.473. The molecule has 0 aliphatic carbocycles. The monoisotopic (exact) mass is 561 g/mol. The van der Waals surface area contributed by atoms with Crippen LogP contribution < -0.4 is 20.1 Å². The van der Waals surface area contributed by atoms with Crippen LogP contribution in [0.1, 0.15) is 34.6 Å². The summed E-state index contributed by atoms with van der Waals surface area (Å²) in [6.07, 6.45) is 2.58. The predicted octanol–water partition coefficient (Wildman–Crippen LogP) is 3.73. The molecule has 0 unspecified atom stereocenters. The summed E-state index contributed by atoms with van der Waals surface area (Å²) in [7, 11) is 3.25. The van der Waals surface area contributed by atoms with Crippen molar-refractivity contribution in [3.63, 3.8) is 0 Å². The second-order valence-corrected chi connectivity index (χ2v) is 10.1. The lowest BCUT2D eigenvalue weighted by Crippen LogP contribution is -2.50. The van der Waals surface area contributed by atoms with Crippen LogP contribution in [0.3, 0.4) is 0 Å². The predicted molar refractivity (Wildman–Crippen MR) is 154 cm³/mol. The number of rotatable bonds is 8. The number of aliphatic hydroxyl groups is 1. The quantitative estimate of drug-likeness (QED) is 0.382. The molecule has 0 fully saturated rings. The first-order chi connectivity index (χ1) is 19.7. The number of carbonyl (C=O) groups is 3. The largest absolute Gasteiger partial charge is 0.497 e. The number of aliphatic hydroxyl groups excluding tert-OH is 1. The molecular formula is C30H35N5O6. The second kappa shape index (κ2) is 13.1. The van der Waals surface area contributed by atoms with Gasteiger partial charge in [0.25, 0.3) is 11.8 Å². The third kappa shape index (κ3) is 7.12. The number of pyridine rings is 1. The van der Waals surface area contributed by atoms with Crippen LogP contribution in [0.15, 0.2) is 67.0 Å². The summed E-state index contributed by atoms with van der Waals surface area (Å²) in [5.41, 5.74) is 1.71. The van der Waals surface area contributed by atoms with Gasteiger partial charge in [-0.15, -0.1) is 0 Å². The molecule has 216 valence electrons. The maximum absolute atomic E-state index is 13.7. The van der Waals surface area contributed by atoms with E-state index in [0.29, 0.717) is 35.0 Å². The molecule has 1 aromatic heterocycles. The molecule has 4 amide bonds. The van der Waals surface area contributed by atoms with Gasteiger partial charge in [-0.3, -0.25) is 14.6 Å². The fourth-order valence-electron chi connectivity index (χ4n) is 4.47. The number of nitrogens with zero attached hydrogens (tertiary/aromatic N) is 3. The highest BCUT2D eigenvalue weighted by atomic mass is 16.5. The summed E-state index contributed by atoms with van der Waals surface area (Å²) < 4.78 is 11.5. The number of fused-ring (bicyclic) bond motifs is 1. The minimum Gasteiger partial charge on any atom is -0.497 e. The van der Waals surface area contributed by atoms with Gasteiger partial charge in [0.15, 0.2) is 0 Å². The summed E-state index contributed by atoms with van der Waals surface area (Å²) in [5.74, 6) is 0.166. The first-order valence-corrected chi connectivity index (χ1v) is 13.3. The van der Waals surface area contributed by atoms with Gasteiger partial charge in [-0.1, -0.05) is 6.92 Å². The molecule has 1 aliphatic heterocycles. The number of hydrogen-bond acceptors (Lipinski definition) is 7. The highest BCUT2D eigenvalue weighted by Gasteiger charge is 2.34. The van der Waals surface area contributed by atoms with Crippen LogP contribution in [0, 0.1) is 5.92 Å². The summed E-state index contributed by atoms with van der Waals surface area (Å²) in [6.45, 7) is 4.02.